The predicted molar refractivity (Wildman–Crippen MR) is 86.2 cm³/mol. The first-order chi connectivity index (χ1) is 10.0. The minimum absolute atomic E-state index is 0.0894. The van der Waals surface area contributed by atoms with Gasteiger partial charge in [0, 0.05) is 38.1 Å². The SMILES string of the molecule is CCc1nc(CN2CCN(C(=O)[C@@H](N)C(C)C)CC2)cs1. The van der Waals surface area contributed by atoms with E-state index in [1.807, 2.05) is 18.7 Å². The first-order valence-electron chi connectivity index (χ1n) is 7.71. The van der Waals surface area contributed by atoms with Gasteiger partial charge < -0.3 is 10.6 Å². The van der Waals surface area contributed by atoms with Crippen LogP contribution in [0.15, 0.2) is 5.38 Å². The summed E-state index contributed by atoms with van der Waals surface area (Å²) in [6, 6.07) is -0.373. The van der Waals surface area contributed by atoms with Gasteiger partial charge in [0.25, 0.3) is 0 Å². The number of hydrogen-bond donors (Lipinski definition) is 1. The zero-order valence-electron chi connectivity index (χ0n) is 13.2. The van der Waals surface area contributed by atoms with E-state index in [0.717, 1.165) is 44.8 Å². The van der Waals surface area contributed by atoms with Crippen molar-refractivity contribution in [3.05, 3.63) is 16.1 Å². The second-order valence-electron chi connectivity index (χ2n) is 5.96. The van der Waals surface area contributed by atoms with Crippen molar-refractivity contribution in [2.45, 2.75) is 39.8 Å². The number of aromatic nitrogens is 1. The monoisotopic (exact) mass is 310 g/mol. The molecular weight excluding hydrogens is 284 g/mol. The molecule has 1 atom stereocenters. The highest BCUT2D eigenvalue weighted by Crippen LogP contribution is 2.14. The number of carbonyl (C=O) groups is 1. The normalized spacial score (nSPS) is 18.2. The summed E-state index contributed by atoms with van der Waals surface area (Å²) in [6.45, 7) is 10.3. The molecule has 1 fully saturated rings. The van der Waals surface area contributed by atoms with E-state index in [9.17, 15) is 4.79 Å². The lowest BCUT2D eigenvalue weighted by atomic mass is 10.0. The molecule has 1 aliphatic heterocycles. The Morgan fingerprint density at radius 3 is 2.57 bits per heavy atom. The number of aryl methyl sites for hydroxylation is 1. The molecule has 0 radical (unpaired) electrons. The average molecular weight is 310 g/mol. The number of nitrogens with zero attached hydrogens (tertiary/aromatic N) is 3. The Bertz CT molecular complexity index is 466. The Hall–Kier alpha value is -0.980. The number of amides is 1. The molecule has 2 N–H and O–H groups in total. The smallest absolute Gasteiger partial charge is 0.239 e. The third-order valence-corrected chi connectivity index (χ3v) is 5.02. The van der Waals surface area contributed by atoms with Crippen molar-refractivity contribution < 1.29 is 4.79 Å². The van der Waals surface area contributed by atoms with Crippen molar-refractivity contribution in [2.24, 2.45) is 11.7 Å². The van der Waals surface area contributed by atoms with E-state index in [-0.39, 0.29) is 17.9 Å². The third kappa shape index (κ3) is 4.25. The van der Waals surface area contributed by atoms with Gasteiger partial charge in [-0.05, 0) is 12.3 Å². The van der Waals surface area contributed by atoms with Crippen LogP contribution >= 0.6 is 11.3 Å². The molecule has 118 valence electrons. The molecule has 0 aromatic carbocycles. The van der Waals surface area contributed by atoms with Crippen molar-refractivity contribution in [2.75, 3.05) is 26.2 Å². The minimum atomic E-state index is -0.373. The second-order valence-corrected chi connectivity index (χ2v) is 6.90. The van der Waals surface area contributed by atoms with Crippen LogP contribution in [0.5, 0.6) is 0 Å². The lowest BCUT2D eigenvalue weighted by molar-refractivity contribution is -0.135. The highest BCUT2D eigenvalue weighted by Gasteiger charge is 2.26. The largest absolute Gasteiger partial charge is 0.339 e. The van der Waals surface area contributed by atoms with E-state index in [0.29, 0.717) is 0 Å². The Morgan fingerprint density at radius 1 is 1.38 bits per heavy atom. The molecule has 1 saturated heterocycles. The van der Waals surface area contributed by atoms with Crippen LogP contribution in [-0.4, -0.2) is 52.9 Å². The number of piperazine rings is 1. The lowest BCUT2D eigenvalue weighted by Gasteiger charge is -2.36. The van der Waals surface area contributed by atoms with Crippen LogP contribution in [0, 0.1) is 5.92 Å². The molecule has 1 amide bonds. The number of hydrogen-bond acceptors (Lipinski definition) is 5. The fraction of sp³-hybridized carbons (Fsp3) is 0.733. The fourth-order valence-corrected chi connectivity index (χ4v) is 3.17. The lowest BCUT2D eigenvalue weighted by Crippen LogP contribution is -2.54. The number of carbonyl (C=O) groups excluding carboxylic acids is 1. The molecule has 1 aliphatic rings. The van der Waals surface area contributed by atoms with E-state index < -0.39 is 0 Å². The highest BCUT2D eigenvalue weighted by molar-refractivity contribution is 7.09. The zero-order valence-corrected chi connectivity index (χ0v) is 14.0. The molecule has 0 aliphatic carbocycles. The molecular formula is C15H26N4OS. The van der Waals surface area contributed by atoms with Crippen LogP contribution in [0.3, 0.4) is 0 Å². The maximum Gasteiger partial charge on any atom is 0.239 e. The van der Waals surface area contributed by atoms with Crippen LogP contribution in [-0.2, 0) is 17.8 Å². The summed E-state index contributed by atoms with van der Waals surface area (Å²) >= 11 is 1.73. The number of thiazole rings is 1. The van der Waals surface area contributed by atoms with Gasteiger partial charge in [-0.3, -0.25) is 9.69 Å². The van der Waals surface area contributed by atoms with Gasteiger partial charge in [0.2, 0.25) is 5.91 Å². The average Bonchev–Trinajstić information content (AvgIpc) is 2.94. The Kier molecular flexibility index (Phi) is 5.72. The van der Waals surface area contributed by atoms with E-state index in [1.165, 1.54) is 5.01 Å². The van der Waals surface area contributed by atoms with Gasteiger partial charge in [0.05, 0.1) is 16.7 Å². The molecule has 1 aromatic heterocycles. The van der Waals surface area contributed by atoms with Gasteiger partial charge >= 0.3 is 0 Å². The summed E-state index contributed by atoms with van der Waals surface area (Å²) in [5.74, 6) is 0.282. The van der Waals surface area contributed by atoms with Crippen molar-refractivity contribution in [3.8, 4) is 0 Å². The van der Waals surface area contributed by atoms with Crippen LogP contribution in [0.1, 0.15) is 31.5 Å². The Labute approximate surface area is 131 Å². The molecule has 0 spiro atoms. The first kappa shape index (κ1) is 16.4. The summed E-state index contributed by atoms with van der Waals surface area (Å²) in [5, 5.41) is 3.34. The third-order valence-electron chi connectivity index (χ3n) is 3.97. The molecule has 2 rings (SSSR count). The summed E-state index contributed by atoms with van der Waals surface area (Å²) in [7, 11) is 0. The molecule has 6 heteroatoms. The molecule has 0 saturated carbocycles. The van der Waals surface area contributed by atoms with Crippen molar-refractivity contribution in [3.63, 3.8) is 0 Å². The molecule has 21 heavy (non-hydrogen) atoms. The van der Waals surface area contributed by atoms with E-state index in [1.54, 1.807) is 11.3 Å². The topological polar surface area (TPSA) is 62.5 Å². The predicted octanol–water partition coefficient (Wildman–Crippen LogP) is 1.33. The Morgan fingerprint density at radius 2 is 2.05 bits per heavy atom. The molecule has 0 bridgehead atoms. The zero-order chi connectivity index (χ0) is 15.4. The Balaban J connectivity index is 1.81. The standard InChI is InChI=1S/C15H26N4OS/c1-4-13-17-12(10-21-13)9-18-5-7-19(8-6-18)15(20)14(16)11(2)3/h10-11,14H,4-9,16H2,1-3H3/t14-/m0/s1. The van der Waals surface area contributed by atoms with Crippen molar-refractivity contribution in [1.82, 2.24) is 14.8 Å². The van der Waals surface area contributed by atoms with Crippen molar-refractivity contribution >= 4 is 17.2 Å². The highest BCUT2D eigenvalue weighted by atomic mass is 32.1. The van der Waals surface area contributed by atoms with Gasteiger partial charge in [0.15, 0.2) is 0 Å². The van der Waals surface area contributed by atoms with Gasteiger partial charge in [0.1, 0.15) is 0 Å². The fourth-order valence-electron chi connectivity index (χ4n) is 2.44. The molecule has 5 nitrogen and oxygen atoms in total. The van der Waals surface area contributed by atoms with Crippen LogP contribution < -0.4 is 5.73 Å². The van der Waals surface area contributed by atoms with Gasteiger partial charge in [-0.2, -0.15) is 0 Å². The van der Waals surface area contributed by atoms with Gasteiger partial charge in [-0.15, -0.1) is 11.3 Å². The van der Waals surface area contributed by atoms with Crippen LogP contribution in [0.4, 0.5) is 0 Å². The molecule has 1 aromatic rings. The molecule has 0 unspecified atom stereocenters. The number of rotatable bonds is 5. The summed E-state index contributed by atoms with van der Waals surface area (Å²) in [5.41, 5.74) is 7.10. The number of nitrogens with two attached hydrogens (primary N) is 1. The van der Waals surface area contributed by atoms with E-state index in [2.05, 4.69) is 22.2 Å². The quantitative estimate of drug-likeness (QED) is 0.891. The minimum Gasteiger partial charge on any atom is -0.339 e. The van der Waals surface area contributed by atoms with E-state index >= 15 is 0 Å². The van der Waals surface area contributed by atoms with Crippen LogP contribution in [0.25, 0.3) is 0 Å². The molecule has 2 heterocycles. The maximum atomic E-state index is 12.2. The second kappa shape index (κ2) is 7.33. The maximum absolute atomic E-state index is 12.2. The van der Waals surface area contributed by atoms with E-state index in [4.69, 9.17) is 5.73 Å². The van der Waals surface area contributed by atoms with Crippen LogP contribution in [0.2, 0.25) is 0 Å². The summed E-state index contributed by atoms with van der Waals surface area (Å²) < 4.78 is 0. The summed E-state index contributed by atoms with van der Waals surface area (Å²) in [6.07, 6.45) is 1.00. The first-order valence-corrected chi connectivity index (χ1v) is 8.59. The van der Waals surface area contributed by atoms with Gasteiger partial charge in [-0.1, -0.05) is 20.8 Å². The summed E-state index contributed by atoms with van der Waals surface area (Å²) in [4.78, 5) is 21.1. The van der Waals surface area contributed by atoms with Gasteiger partial charge in [-0.25, -0.2) is 4.98 Å². The van der Waals surface area contributed by atoms with Crippen molar-refractivity contribution in [1.29, 1.82) is 0 Å².